The van der Waals surface area contributed by atoms with Gasteiger partial charge in [0.1, 0.15) is 0 Å². The van der Waals surface area contributed by atoms with Gasteiger partial charge in [-0.3, -0.25) is 9.59 Å². The van der Waals surface area contributed by atoms with Crippen LogP contribution in [0.5, 0.6) is 11.5 Å². The minimum absolute atomic E-state index is 0.0274. The van der Waals surface area contributed by atoms with Crippen LogP contribution in [-0.2, 0) is 0 Å². The van der Waals surface area contributed by atoms with Gasteiger partial charge < -0.3 is 19.7 Å². The van der Waals surface area contributed by atoms with E-state index in [9.17, 15) is 18.4 Å². The van der Waals surface area contributed by atoms with E-state index in [0.717, 1.165) is 25.7 Å². The molecule has 0 bridgehead atoms. The number of alkyl halides is 2. The van der Waals surface area contributed by atoms with E-state index in [1.54, 1.807) is 29.2 Å². The Kier molecular flexibility index (Phi) is 7.44. The van der Waals surface area contributed by atoms with Crippen LogP contribution in [0.3, 0.4) is 0 Å². The third kappa shape index (κ3) is 5.51. The molecule has 2 aromatic rings. The first kappa shape index (κ1) is 22.5. The number of nitrogens with zero attached hydrogens (tertiary/aromatic N) is 1. The number of carbonyl (C=O) groups is 2. The van der Waals surface area contributed by atoms with Gasteiger partial charge in [-0.05, 0) is 49.2 Å². The summed E-state index contributed by atoms with van der Waals surface area (Å²) in [5.41, 5.74) is 0.860. The number of ether oxygens (including phenoxy) is 2. The van der Waals surface area contributed by atoms with E-state index in [-0.39, 0.29) is 29.0 Å². The minimum Gasteiger partial charge on any atom is -0.493 e. The Labute approximate surface area is 180 Å². The highest BCUT2D eigenvalue weighted by atomic mass is 19.3. The van der Waals surface area contributed by atoms with Gasteiger partial charge in [0.2, 0.25) is 0 Å². The summed E-state index contributed by atoms with van der Waals surface area (Å²) in [6, 6.07) is 11.0. The molecule has 1 aliphatic carbocycles. The first-order chi connectivity index (χ1) is 14.9. The zero-order valence-corrected chi connectivity index (χ0v) is 17.6. The van der Waals surface area contributed by atoms with Gasteiger partial charge in [0.05, 0.1) is 12.7 Å². The second-order valence-electron chi connectivity index (χ2n) is 7.45. The lowest BCUT2D eigenvalue weighted by Gasteiger charge is -2.31. The molecule has 0 aliphatic heterocycles. The first-order valence-corrected chi connectivity index (χ1v) is 10.2. The van der Waals surface area contributed by atoms with E-state index in [4.69, 9.17) is 4.74 Å². The first-order valence-electron chi connectivity index (χ1n) is 10.2. The van der Waals surface area contributed by atoms with Gasteiger partial charge in [0, 0.05) is 24.3 Å². The molecule has 0 aromatic heterocycles. The fourth-order valence-electron chi connectivity index (χ4n) is 3.80. The second-order valence-corrected chi connectivity index (χ2v) is 7.45. The van der Waals surface area contributed by atoms with Gasteiger partial charge in [-0.25, -0.2) is 0 Å². The van der Waals surface area contributed by atoms with Crippen LogP contribution in [0, 0.1) is 0 Å². The van der Waals surface area contributed by atoms with Crippen LogP contribution in [-0.4, -0.2) is 43.5 Å². The Balaban J connectivity index is 1.71. The molecular weight excluding hydrogens is 406 g/mol. The van der Waals surface area contributed by atoms with Gasteiger partial charge in [-0.15, -0.1) is 0 Å². The van der Waals surface area contributed by atoms with Crippen LogP contribution in [0.25, 0.3) is 0 Å². The number of anilines is 1. The number of amides is 2. The number of benzene rings is 2. The molecular formula is C23H26F2N2O4. The standard InChI is InChI=1S/C23H26F2N2O4/c1-27(17-7-4-3-5-8-17)22(29)15-11-13-16(14-12-15)26-21(28)18-9-6-10-19(30-2)20(18)31-23(24)25/h6,9-14,17,23H,3-5,7-8H2,1-2H3,(H,26,28). The topological polar surface area (TPSA) is 67.9 Å². The van der Waals surface area contributed by atoms with E-state index in [1.165, 1.54) is 31.7 Å². The van der Waals surface area contributed by atoms with Crippen molar-refractivity contribution in [3.05, 3.63) is 53.6 Å². The monoisotopic (exact) mass is 432 g/mol. The molecule has 1 fully saturated rings. The maximum atomic E-state index is 12.8. The summed E-state index contributed by atoms with van der Waals surface area (Å²) in [6.07, 6.45) is 5.51. The molecule has 0 unspecified atom stereocenters. The third-order valence-electron chi connectivity index (χ3n) is 5.48. The number of nitrogens with one attached hydrogen (secondary N) is 1. The largest absolute Gasteiger partial charge is 0.493 e. The maximum Gasteiger partial charge on any atom is 0.387 e. The van der Waals surface area contributed by atoms with Crippen molar-refractivity contribution in [2.75, 3.05) is 19.5 Å². The second kappa shape index (κ2) is 10.2. The Morgan fingerprint density at radius 3 is 2.35 bits per heavy atom. The van der Waals surface area contributed by atoms with E-state index in [0.29, 0.717) is 11.3 Å². The van der Waals surface area contributed by atoms with Gasteiger partial charge in [0.25, 0.3) is 11.8 Å². The van der Waals surface area contributed by atoms with Crippen LogP contribution in [0.1, 0.15) is 52.8 Å². The molecule has 166 valence electrons. The molecule has 1 N–H and O–H groups in total. The predicted molar refractivity (Wildman–Crippen MR) is 113 cm³/mol. The Bertz CT molecular complexity index is 912. The molecule has 31 heavy (non-hydrogen) atoms. The summed E-state index contributed by atoms with van der Waals surface area (Å²) in [5.74, 6) is -1.00. The van der Waals surface area contributed by atoms with Crippen molar-refractivity contribution < 1.29 is 27.8 Å². The highest BCUT2D eigenvalue weighted by molar-refractivity contribution is 6.07. The number of para-hydroxylation sites is 1. The van der Waals surface area contributed by atoms with Crippen molar-refractivity contribution in [2.45, 2.75) is 44.8 Å². The molecule has 8 heteroatoms. The van der Waals surface area contributed by atoms with Crippen LogP contribution in [0.15, 0.2) is 42.5 Å². The van der Waals surface area contributed by atoms with Crippen LogP contribution >= 0.6 is 0 Å². The average Bonchev–Trinajstić information content (AvgIpc) is 2.79. The van der Waals surface area contributed by atoms with Crippen LogP contribution < -0.4 is 14.8 Å². The van der Waals surface area contributed by atoms with E-state index >= 15 is 0 Å². The summed E-state index contributed by atoms with van der Waals surface area (Å²) >= 11 is 0. The maximum absolute atomic E-state index is 12.8. The molecule has 0 heterocycles. The normalized spacial score (nSPS) is 14.2. The van der Waals surface area contributed by atoms with Gasteiger partial charge >= 0.3 is 6.61 Å². The molecule has 0 saturated heterocycles. The zero-order valence-electron chi connectivity index (χ0n) is 17.6. The van der Waals surface area contributed by atoms with Crippen molar-refractivity contribution in [1.29, 1.82) is 0 Å². The SMILES string of the molecule is COc1cccc(C(=O)Nc2ccc(C(=O)N(C)C3CCCCC3)cc2)c1OC(F)F. The summed E-state index contributed by atoms with van der Waals surface area (Å²) < 4.78 is 35.1. The number of halogens is 2. The lowest BCUT2D eigenvalue weighted by molar-refractivity contribution is -0.0515. The van der Waals surface area contributed by atoms with E-state index in [2.05, 4.69) is 10.1 Å². The average molecular weight is 432 g/mol. The molecule has 6 nitrogen and oxygen atoms in total. The summed E-state index contributed by atoms with van der Waals surface area (Å²) in [5, 5.41) is 2.64. The number of hydrogen-bond acceptors (Lipinski definition) is 4. The molecule has 1 saturated carbocycles. The lowest BCUT2D eigenvalue weighted by Crippen LogP contribution is -2.38. The summed E-state index contributed by atoms with van der Waals surface area (Å²) in [4.78, 5) is 27.2. The quantitative estimate of drug-likeness (QED) is 0.672. The molecule has 0 atom stereocenters. The van der Waals surface area contributed by atoms with Gasteiger partial charge in [-0.1, -0.05) is 25.3 Å². The number of carbonyl (C=O) groups excluding carboxylic acids is 2. The Morgan fingerprint density at radius 1 is 1.06 bits per heavy atom. The molecule has 0 spiro atoms. The lowest BCUT2D eigenvalue weighted by atomic mass is 9.94. The van der Waals surface area contributed by atoms with Crippen molar-refractivity contribution >= 4 is 17.5 Å². The smallest absolute Gasteiger partial charge is 0.387 e. The van der Waals surface area contributed by atoms with E-state index in [1.807, 2.05) is 7.05 Å². The molecule has 1 aliphatic rings. The number of methoxy groups -OCH3 is 1. The van der Waals surface area contributed by atoms with Crippen LogP contribution in [0.2, 0.25) is 0 Å². The number of rotatable bonds is 7. The Hall–Kier alpha value is -3.16. The fraction of sp³-hybridized carbons (Fsp3) is 0.391. The predicted octanol–water partition coefficient (Wildman–Crippen LogP) is 4.95. The van der Waals surface area contributed by atoms with Crippen molar-refractivity contribution in [2.24, 2.45) is 0 Å². The number of hydrogen-bond donors (Lipinski definition) is 1. The third-order valence-corrected chi connectivity index (χ3v) is 5.48. The summed E-state index contributed by atoms with van der Waals surface area (Å²) in [7, 11) is 3.12. The van der Waals surface area contributed by atoms with Gasteiger partial charge in [-0.2, -0.15) is 8.78 Å². The summed E-state index contributed by atoms with van der Waals surface area (Å²) in [6.45, 7) is -3.10. The zero-order chi connectivity index (χ0) is 22.4. The Morgan fingerprint density at radius 2 is 1.74 bits per heavy atom. The molecule has 2 aromatic carbocycles. The molecule has 2 amide bonds. The minimum atomic E-state index is -3.10. The molecule has 3 rings (SSSR count). The van der Waals surface area contributed by atoms with Crippen molar-refractivity contribution in [1.82, 2.24) is 4.90 Å². The van der Waals surface area contributed by atoms with Crippen molar-refractivity contribution in [3.63, 3.8) is 0 Å². The fourth-order valence-corrected chi connectivity index (χ4v) is 3.80. The van der Waals surface area contributed by atoms with Crippen LogP contribution in [0.4, 0.5) is 14.5 Å². The highest BCUT2D eigenvalue weighted by Crippen LogP contribution is 2.33. The highest BCUT2D eigenvalue weighted by Gasteiger charge is 2.23. The van der Waals surface area contributed by atoms with E-state index < -0.39 is 12.5 Å². The van der Waals surface area contributed by atoms with Crippen molar-refractivity contribution in [3.8, 4) is 11.5 Å². The molecule has 0 radical (unpaired) electrons. The van der Waals surface area contributed by atoms with Gasteiger partial charge in [0.15, 0.2) is 11.5 Å².